The number of rotatable bonds is 3. The Labute approximate surface area is 149 Å². The second-order valence-corrected chi connectivity index (χ2v) is 6.53. The third kappa shape index (κ3) is 3.89. The van der Waals surface area contributed by atoms with Crippen LogP contribution in [-0.4, -0.2) is 13.1 Å². The lowest BCUT2D eigenvalue weighted by atomic mass is 10.2. The molecule has 8 heteroatoms. The van der Waals surface area contributed by atoms with Gasteiger partial charge in [-0.25, -0.2) is 8.78 Å². The van der Waals surface area contributed by atoms with Crippen LogP contribution < -0.4 is 9.64 Å². The van der Waals surface area contributed by atoms with Crippen LogP contribution in [0.15, 0.2) is 34.8 Å². The molecule has 1 aliphatic heterocycles. The molecule has 0 saturated carbocycles. The monoisotopic (exact) mass is 421 g/mol. The number of alkyl halides is 3. The molecule has 1 aliphatic rings. The first-order chi connectivity index (χ1) is 11.8. The van der Waals surface area contributed by atoms with E-state index in [0.29, 0.717) is 0 Å². The quantitative estimate of drug-likeness (QED) is 0.552. The molecule has 2 nitrogen and oxygen atoms in total. The first-order valence-corrected chi connectivity index (χ1v) is 8.33. The van der Waals surface area contributed by atoms with Crippen molar-refractivity contribution in [1.82, 2.24) is 0 Å². The Morgan fingerprint density at radius 3 is 2.12 bits per heavy atom. The van der Waals surface area contributed by atoms with Gasteiger partial charge in [-0.15, -0.1) is 0 Å². The molecular formula is C17H13BrF5NO. The lowest BCUT2D eigenvalue weighted by Crippen LogP contribution is -2.18. The van der Waals surface area contributed by atoms with Gasteiger partial charge < -0.3 is 9.64 Å². The zero-order valence-electron chi connectivity index (χ0n) is 12.8. The Morgan fingerprint density at radius 2 is 1.56 bits per heavy atom. The van der Waals surface area contributed by atoms with E-state index in [9.17, 15) is 22.0 Å². The van der Waals surface area contributed by atoms with Crippen molar-refractivity contribution >= 4 is 21.6 Å². The first-order valence-electron chi connectivity index (χ1n) is 7.54. The molecule has 2 aromatic carbocycles. The van der Waals surface area contributed by atoms with Crippen LogP contribution in [0.25, 0.3) is 0 Å². The summed E-state index contributed by atoms with van der Waals surface area (Å²) in [6.07, 6.45) is -2.75. The summed E-state index contributed by atoms with van der Waals surface area (Å²) in [5.41, 5.74) is -0.592. The van der Waals surface area contributed by atoms with E-state index in [1.807, 2.05) is 0 Å². The average molecular weight is 422 g/mol. The maximum Gasteiger partial charge on any atom is 0.416 e. The van der Waals surface area contributed by atoms with Crippen molar-refractivity contribution in [3.63, 3.8) is 0 Å². The molecular weight excluding hydrogens is 409 g/mol. The molecule has 0 spiro atoms. The maximum absolute atomic E-state index is 13.9. The first kappa shape index (κ1) is 18.0. The standard InChI is InChI=1S/C17H13BrF5NO/c18-12-4-3-11(9-15(12)24-5-1-2-6-24)25-16-13(19)7-10(8-14(16)20)17(21,22)23/h3-4,7-9H,1-2,5-6H2. The van der Waals surface area contributed by atoms with Gasteiger partial charge in [0, 0.05) is 23.6 Å². The largest absolute Gasteiger partial charge is 0.451 e. The summed E-state index contributed by atoms with van der Waals surface area (Å²) >= 11 is 3.42. The summed E-state index contributed by atoms with van der Waals surface area (Å²) in [5.74, 6) is -3.53. The van der Waals surface area contributed by atoms with Crippen molar-refractivity contribution in [3.8, 4) is 11.5 Å². The lowest BCUT2D eigenvalue weighted by molar-refractivity contribution is -0.138. The van der Waals surface area contributed by atoms with Crippen LogP contribution in [0.1, 0.15) is 18.4 Å². The minimum Gasteiger partial charge on any atom is -0.451 e. The molecule has 134 valence electrons. The average Bonchev–Trinajstić information content (AvgIpc) is 3.05. The van der Waals surface area contributed by atoms with Crippen LogP contribution in [-0.2, 0) is 6.18 Å². The van der Waals surface area contributed by atoms with Gasteiger partial charge in [0.05, 0.1) is 11.3 Å². The minimum absolute atomic E-state index is 0.141. The van der Waals surface area contributed by atoms with Crippen molar-refractivity contribution in [1.29, 1.82) is 0 Å². The predicted molar refractivity (Wildman–Crippen MR) is 87.0 cm³/mol. The Morgan fingerprint density at radius 1 is 0.960 bits per heavy atom. The highest BCUT2D eigenvalue weighted by atomic mass is 79.9. The summed E-state index contributed by atoms with van der Waals surface area (Å²) in [4.78, 5) is 2.09. The molecule has 0 aromatic heterocycles. The van der Waals surface area contributed by atoms with Crippen molar-refractivity contribution in [2.45, 2.75) is 19.0 Å². The van der Waals surface area contributed by atoms with E-state index in [1.54, 1.807) is 12.1 Å². The summed E-state index contributed by atoms with van der Waals surface area (Å²) in [6, 6.07) is 5.20. The van der Waals surface area contributed by atoms with Gasteiger partial charge in [0.1, 0.15) is 5.75 Å². The molecule has 1 fully saturated rings. The Balaban J connectivity index is 1.91. The number of benzene rings is 2. The van der Waals surface area contributed by atoms with E-state index in [4.69, 9.17) is 4.74 Å². The molecule has 0 N–H and O–H groups in total. The SMILES string of the molecule is Fc1cc(C(F)(F)F)cc(F)c1Oc1ccc(Br)c(N2CCCC2)c1. The number of hydrogen-bond donors (Lipinski definition) is 0. The summed E-state index contributed by atoms with van der Waals surface area (Å²) in [5, 5.41) is 0. The van der Waals surface area contributed by atoms with Crippen molar-refractivity contribution in [3.05, 3.63) is 52.0 Å². The maximum atomic E-state index is 13.9. The molecule has 25 heavy (non-hydrogen) atoms. The molecule has 0 aliphatic carbocycles. The summed E-state index contributed by atoms with van der Waals surface area (Å²) < 4.78 is 71.6. The van der Waals surface area contributed by atoms with Crippen LogP contribution in [0.3, 0.4) is 0 Å². The second-order valence-electron chi connectivity index (χ2n) is 5.68. The smallest absolute Gasteiger partial charge is 0.416 e. The van der Waals surface area contributed by atoms with Crippen LogP contribution in [0.4, 0.5) is 27.6 Å². The number of halogens is 6. The Hall–Kier alpha value is -1.83. The van der Waals surface area contributed by atoms with Gasteiger partial charge in [-0.2, -0.15) is 13.2 Å². The van der Waals surface area contributed by atoms with Crippen molar-refractivity contribution < 1.29 is 26.7 Å². The number of hydrogen-bond acceptors (Lipinski definition) is 2. The van der Waals surface area contributed by atoms with Gasteiger partial charge in [-0.1, -0.05) is 0 Å². The topological polar surface area (TPSA) is 12.5 Å². The summed E-state index contributed by atoms with van der Waals surface area (Å²) in [6.45, 7) is 1.70. The molecule has 1 saturated heterocycles. The molecule has 0 bridgehead atoms. The Kier molecular flexibility index (Phi) is 4.90. The zero-order valence-corrected chi connectivity index (χ0v) is 14.4. The normalized spacial score (nSPS) is 14.9. The fourth-order valence-corrected chi connectivity index (χ4v) is 3.19. The molecule has 0 atom stereocenters. The fraction of sp³-hybridized carbons (Fsp3) is 0.294. The van der Waals surface area contributed by atoms with Gasteiger partial charge in [0.15, 0.2) is 17.4 Å². The molecule has 3 rings (SSSR count). The number of nitrogens with zero attached hydrogens (tertiary/aromatic N) is 1. The zero-order chi connectivity index (χ0) is 18.2. The molecule has 1 heterocycles. The van der Waals surface area contributed by atoms with Crippen LogP contribution >= 0.6 is 15.9 Å². The molecule has 0 unspecified atom stereocenters. The van der Waals surface area contributed by atoms with E-state index in [0.717, 1.165) is 36.1 Å². The van der Waals surface area contributed by atoms with Crippen LogP contribution in [0.2, 0.25) is 0 Å². The second kappa shape index (κ2) is 6.82. The van der Waals surface area contributed by atoms with Gasteiger partial charge in [0.2, 0.25) is 0 Å². The van der Waals surface area contributed by atoms with Crippen LogP contribution in [0, 0.1) is 11.6 Å². The van der Waals surface area contributed by atoms with Gasteiger partial charge in [0.25, 0.3) is 0 Å². The van der Waals surface area contributed by atoms with Gasteiger partial charge in [-0.3, -0.25) is 0 Å². The van der Waals surface area contributed by atoms with Gasteiger partial charge >= 0.3 is 6.18 Å². The highest BCUT2D eigenvalue weighted by molar-refractivity contribution is 9.10. The van der Waals surface area contributed by atoms with E-state index in [1.165, 1.54) is 6.07 Å². The van der Waals surface area contributed by atoms with E-state index >= 15 is 0 Å². The number of ether oxygens (including phenoxy) is 1. The lowest BCUT2D eigenvalue weighted by Gasteiger charge is -2.20. The van der Waals surface area contributed by atoms with Crippen LogP contribution in [0.5, 0.6) is 11.5 Å². The van der Waals surface area contributed by atoms with Crippen molar-refractivity contribution in [2.24, 2.45) is 0 Å². The third-order valence-electron chi connectivity index (χ3n) is 3.91. The number of anilines is 1. The minimum atomic E-state index is -4.83. The fourth-order valence-electron chi connectivity index (χ4n) is 2.70. The Bertz CT molecular complexity index is 764. The van der Waals surface area contributed by atoms with Crippen molar-refractivity contribution in [2.75, 3.05) is 18.0 Å². The molecule has 0 radical (unpaired) electrons. The van der Waals surface area contributed by atoms with Gasteiger partial charge in [-0.05, 0) is 53.0 Å². The van der Waals surface area contributed by atoms with E-state index < -0.39 is 29.1 Å². The molecule has 2 aromatic rings. The van der Waals surface area contributed by atoms with E-state index in [-0.39, 0.29) is 17.9 Å². The highest BCUT2D eigenvalue weighted by Gasteiger charge is 2.33. The summed E-state index contributed by atoms with van der Waals surface area (Å²) in [7, 11) is 0. The predicted octanol–water partition coefficient (Wildman–Crippen LogP) is 6.14. The molecule has 0 amide bonds. The third-order valence-corrected chi connectivity index (χ3v) is 4.58. The van der Waals surface area contributed by atoms with E-state index in [2.05, 4.69) is 20.8 Å². The highest BCUT2D eigenvalue weighted by Crippen LogP contribution is 2.38.